The van der Waals surface area contributed by atoms with E-state index in [9.17, 15) is 4.39 Å². The molecule has 0 N–H and O–H groups in total. The van der Waals surface area contributed by atoms with E-state index in [1.54, 1.807) is 6.07 Å². The number of likely N-dealkylation sites (tertiary alicyclic amines) is 1. The molecule has 1 aromatic carbocycles. The Balaban J connectivity index is 1.69. The molecular formula is C19H29BFNO2. The Hall–Kier alpha value is -0.905. The van der Waals surface area contributed by atoms with Gasteiger partial charge in [0.1, 0.15) is 5.82 Å². The molecule has 3 rings (SSSR count). The lowest BCUT2D eigenvalue weighted by Crippen LogP contribution is -2.41. The van der Waals surface area contributed by atoms with Crippen molar-refractivity contribution in [2.24, 2.45) is 5.92 Å². The molecule has 5 heteroatoms. The van der Waals surface area contributed by atoms with E-state index in [4.69, 9.17) is 9.31 Å². The van der Waals surface area contributed by atoms with Crippen LogP contribution in [0.4, 0.5) is 4.39 Å². The quantitative estimate of drug-likeness (QED) is 0.792. The van der Waals surface area contributed by atoms with Crippen molar-refractivity contribution in [1.82, 2.24) is 4.90 Å². The normalized spacial score (nSPS) is 24.5. The molecule has 1 aromatic rings. The van der Waals surface area contributed by atoms with Crippen molar-refractivity contribution < 1.29 is 13.7 Å². The summed E-state index contributed by atoms with van der Waals surface area (Å²) in [5.74, 6) is 0.623. The van der Waals surface area contributed by atoms with Gasteiger partial charge < -0.3 is 9.31 Å². The Bertz CT molecular complexity index is 581. The zero-order valence-electron chi connectivity index (χ0n) is 15.6. The summed E-state index contributed by atoms with van der Waals surface area (Å²) in [6, 6.07) is 5.39. The molecule has 0 amide bonds. The predicted octanol–water partition coefficient (Wildman–Crippen LogP) is 3.36. The molecule has 132 valence electrons. The molecule has 0 bridgehead atoms. The van der Waals surface area contributed by atoms with Gasteiger partial charge in [-0.15, -0.1) is 0 Å². The minimum Gasteiger partial charge on any atom is -0.399 e. The molecule has 0 radical (unpaired) electrons. The number of benzene rings is 1. The second-order valence-corrected chi connectivity index (χ2v) is 8.40. The Labute approximate surface area is 145 Å². The predicted molar refractivity (Wildman–Crippen MR) is 95.8 cm³/mol. The zero-order valence-corrected chi connectivity index (χ0v) is 15.6. The van der Waals surface area contributed by atoms with Gasteiger partial charge in [-0.1, -0.05) is 19.1 Å². The third-order valence-electron chi connectivity index (χ3n) is 5.87. The second-order valence-electron chi connectivity index (χ2n) is 8.40. The Kier molecular flexibility index (Phi) is 4.80. The van der Waals surface area contributed by atoms with Crippen LogP contribution in [0, 0.1) is 11.7 Å². The van der Waals surface area contributed by atoms with E-state index < -0.39 is 18.3 Å². The zero-order chi connectivity index (χ0) is 17.5. The minimum atomic E-state index is -0.505. The summed E-state index contributed by atoms with van der Waals surface area (Å²) in [5, 5.41) is 0. The summed E-state index contributed by atoms with van der Waals surface area (Å²) in [6.07, 6.45) is 2.40. The first-order chi connectivity index (χ1) is 11.2. The molecular weight excluding hydrogens is 304 g/mol. The largest absolute Gasteiger partial charge is 0.494 e. The van der Waals surface area contributed by atoms with Gasteiger partial charge in [0.15, 0.2) is 0 Å². The fraction of sp³-hybridized carbons (Fsp3) is 0.684. The maximum atomic E-state index is 14.6. The van der Waals surface area contributed by atoms with Crippen LogP contribution in [-0.4, -0.2) is 36.3 Å². The smallest absolute Gasteiger partial charge is 0.399 e. The van der Waals surface area contributed by atoms with E-state index in [2.05, 4.69) is 11.8 Å². The van der Waals surface area contributed by atoms with Gasteiger partial charge in [-0.05, 0) is 71.1 Å². The topological polar surface area (TPSA) is 21.7 Å². The van der Waals surface area contributed by atoms with Crippen LogP contribution in [0.15, 0.2) is 18.2 Å². The third-order valence-corrected chi connectivity index (χ3v) is 5.87. The summed E-state index contributed by atoms with van der Waals surface area (Å²) in [7, 11) is -0.505. The standard InChI is InChI=1S/C19H29BFNO2/c1-14-8-10-22(11-9-14)13-15-6-7-16(12-17(15)21)20-23-18(2,3)19(4,5)24-20/h6-7,12,14H,8-11,13H2,1-5H3. The molecule has 0 saturated carbocycles. The van der Waals surface area contributed by atoms with E-state index in [0.717, 1.165) is 30.0 Å². The average Bonchev–Trinajstić information content (AvgIpc) is 2.72. The van der Waals surface area contributed by atoms with Gasteiger partial charge in [-0.3, -0.25) is 4.90 Å². The molecule has 0 atom stereocenters. The molecule has 0 aliphatic carbocycles. The molecule has 3 nitrogen and oxygen atoms in total. The van der Waals surface area contributed by atoms with E-state index in [0.29, 0.717) is 6.54 Å². The van der Waals surface area contributed by atoms with Gasteiger partial charge in [0.25, 0.3) is 0 Å². The first kappa shape index (κ1) is 17.9. The number of halogens is 1. The van der Waals surface area contributed by atoms with Gasteiger partial charge in [0.2, 0.25) is 0 Å². The maximum Gasteiger partial charge on any atom is 0.494 e. The fourth-order valence-corrected chi connectivity index (χ4v) is 3.28. The number of hydrogen-bond donors (Lipinski definition) is 0. The van der Waals surface area contributed by atoms with Crippen molar-refractivity contribution in [3.63, 3.8) is 0 Å². The Morgan fingerprint density at radius 2 is 1.71 bits per heavy atom. The lowest BCUT2D eigenvalue weighted by Gasteiger charge is -2.32. The van der Waals surface area contributed by atoms with Gasteiger partial charge >= 0.3 is 7.12 Å². The van der Waals surface area contributed by atoms with E-state index in [1.807, 2.05) is 39.8 Å². The lowest BCUT2D eigenvalue weighted by molar-refractivity contribution is 0.00578. The minimum absolute atomic E-state index is 0.166. The van der Waals surface area contributed by atoms with Gasteiger partial charge in [0, 0.05) is 12.1 Å². The number of hydrogen-bond acceptors (Lipinski definition) is 3. The molecule has 2 fully saturated rings. The molecule has 2 heterocycles. The van der Waals surface area contributed by atoms with Gasteiger partial charge in [-0.25, -0.2) is 4.39 Å². The number of piperidine rings is 1. The summed E-state index contributed by atoms with van der Waals surface area (Å²) in [5.41, 5.74) is 0.696. The van der Waals surface area contributed by atoms with Gasteiger partial charge in [-0.2, -0.15) is 0 Å². The van der Waals surface area contributed by atoms with Crippen LogP contribution in [0.3, 0.4) is 0 Å². The molecule has 0 spiro atoms. The highest BCUT2D eigenvalue weighted by atomic mass is 19.1. The molecule has 0 unspecified atom stereocenters. The lowest BCUT2D eigenvalue weighted by atomic mass is 9.78. The van der Waals surface area contributed by atoms with Crippen LogP contribution in [0.5, 0.6) is 0 Å². The van der Waals surface area contributed by atoms with Gasteiger partial charge in [0.05, 0.1) is 11.2 Å². The highest BCUT2D eigenvalue weighted by Crippen LogP contribution is 2.36. The van der Waals surface area contributed by atoms with Crippen LogP contribution >= 0.6 is 0 Å². The van der Waals surface area contributed by atoms with Crippen LogP contribution < -0.4 is 5.46 Å². The molecule has 24 heavy (non-hydrogen) atoms. The average molecular weight is 333 g/mol. The summed E-state index contributed by atoms with van der Waals surface area (Å²) in [6.45, 7) is 13.1. The Morgan fingerprint density at radius 1 is 1.12 bits per heavy atom. The monoisotopic (exact) mass is 333 g/mol. The fourth-order valence-electron chi connectivity index (χ4n) is 3.28. The third kappa shape index (κ3) is 3.53. The second kappa shape index (κ2) is 6.43. The summed E-state index contributed by atoms with van der Waals surface area (Å²) in [4.78, 5) is 2.34. The highest BCUT2D eigenvalue weighted by molar-refractivity contribution is 6.62. The first-order valence-corrected chi connectivity index (χ1v) is 9.04. The summed E-state index contributed by atoms with van der Waals surface area (Å²) < 4.78 is 26.6. The van der Waals surface area contributed by atoms with E-state index >= 15 is 0 Å². The van der Waals surface area contributed by atoms with Crippen molar-refractivity contribution in [3.05, 3.63) is 29.6 Å². The van der Waals surface area contributed by atoms with Crippen LogP contribution in [0.1, 0.15) is 53.0 Å². The van der Waals surface area contributed by atoms with E-state index in [-0.39, 0.29) is 5.82 Å². The van der Waals surface area contributed by atoms with E-state index in [1.165, 1.54) is 12.8 Å². The van der Waals surface area contributed by atoms with Crippen molar-refractivity contribution in [2.45, 2.75) is 65.2 Å². The Morgan fingerprint density at radius 3 is 2.25 bits per heavy atom. The molecule has 0 aromatic heterocycles. The number of nitrogens with zero attached hydrogens (tertiary/aromatic N) is 1. The first-order valence-electron chi connectivity index (χ1n) is 9.04. The van der Waals surface area contributed by atoms with Crippen molar-refractivity contribution in [3.8, 4) is 0 Å². The summed E-state index contributed by atoms with van der Waals surface area (Å²) >= 11 is 0. The molecule has 2 saturated heterocycles. The molecule has 2 aliphatic rings. The maximum absolute atomic E-state index is 14.6. The molecule has 2 aliphatic heterocycles. The highest BCUT2D eigenvalue weighted by Gasteiger charge is 2.51. The SMILES string of the molecule is CC1CCN(Cc2ccc(B3OC(C)(C)C(C)(C)O3)cc2F)CC1. The van der Waals surface area contributed by atoms with Crippen LogP contribution in [0.25, 0.3) is 0 Å². The van der Waals surface area contributed by atoms with Crippen molar-refractivity contribution in [2.75, 3.05) is 13.1 Å². The van der Waals surface area contributed by atoms with Crippen LogP contribution in [-0.2, 0) is 15.9 Å². The van der Waals surface area contributed by atoms with Crippen molar-refractivity contribution in [1.29, 1.82) is 0 Å². The number of rotatable bonds is 3. The van der Waals surface area contributed by atoms with Crippen LogP contribution in [0.2, 0.25) is 0 Å². The van der Waals surface area contributed by atoms with Crippen molar-refractivity contribution >= 4 is 12.6 Å².